The molecule has 0 bridgehead atoms. The highest BCUT2D eigenvalue weighted by Gasteiger charge is 2.55. The van der Waals surface area contributed by atoms with Crippen LogP contribution in [-0.4, -0.2) is 57.3 Å². The van der Waals surface area contributed by atoms with Gasteiger partial charge in [-0.3, -0.25) is 4.79 Å². The molecule has 1 aromatic carbocycles. The van der Waals surface area contributed by atoms with Crippen LogP contribution in [0.15, 0.2) is 40.9 Å². The number of rotatable bonds is 6. The van der Waals surface area contributed by atoms with Crippen molar-refractivity contribution in [3.05, 3.63) is 36.0 Å². The van der Waals surface area contributed by atoms with E-state index >= 15 is 0 Å². The maximum Gasteiger partial charge on any atom is 0.245 e. The summed E-state index contributed by atoms with van der Waals surface area (Å²) in [4.78, 5) is 12.8. The van der Waals surface area contributed by atoms with Crippen LogP contribution in [0.3, 0.4) is 0 Å². The zero-order chi connectivity index (χ0) is 20.0. The minimum Gasteiger partial charge on any atom is -0.497 e. The Labute approximate surface area is 159 Å². The molecule has 2 atom stereocenters. The highest BCUT2D eigenvalue weighted by atomic mass is 32.2. The number of carbonyl (C=O) groups excluding carboxylic acids is 1. The second-order valence-corrected chi connectivity index (χ2v) is 10.3. The fourth-order valence-corrected chi connectivity index (χ4v) is 6.27. The summed E-state index contributed by atoms with van der Waals surface area (Å²) in [5.74, 6) is -0.755. The molecule has 3 rings (SSSR count). The van der Waals surface area contributed by atoms with E-state index in [0.717, 1.165) is 10.6 Å². The van der Waals surface area contributed by atoms with Crippen molar-refractivity contribution in [3.63, 3.8) is 0 Å². The second-order valence-electron chi connectivity index (χ2n) is 6.58. The van der Waals surface area contributed by atoms with Crippen LogP contribution in [0.5, 0.6) is 5.75 Å². The molecule has 2 aliphatic rings. The van der Waals surface area contributed by atoms with E-state index in [1.54, 1.807) is 12.1 Å². The summed E-state index contributed by atoms with van der Waals surface area (Å²) in [5.41, 5.74) is 0.234. The summed E-state index contributed by atoms with van der Waals surface area (Å²) >= 11 is 0. The van der Waals surface area contributed by atoms with E-state index in [1.165, 1.54) is 29.6 Å². The quantitative estimate of drug-likeness (QED) is 0.693. The van der Waals surface area contributed by atoms with Crippen LogP contribution in [0, 0.1) is 5.92 Å². The molecule has 2 aliphatic heterocycles. The Hall–Kier alpha value is -1.91. The van der Waals surface area contributed by atoms with Gasteiger partial charge in [-0.2, -0.15) is 4.31 Å². The van der Waals surface area contributed by atoms with Crippen molar-refractivity contribution >= 4 is 26.0 Å². The largest absolute Gasteiger partial charge is 0.497 e. The van der Waals surface area contributed by atoms with Crippen molar-refractivity contribution in [3.8, 4) is 5.75 Å². The lowest BCUT2D eigenvalue weighted by Crippen LogP contribution is -2.41. The predicted molar refractivity (Wildman–Crippen MR) is 98.8 cm³/mol. The summed E-state index contributed by atoms with van der Waals surface area (Å²) < 4.78 is 57.6. The molecule has 27 heavy (non-hydrogen) atoms. The Morgan fingerprint density at radius 1 is 1.15 bits per heavy atom. The fourth-order valence-electron chi connectivity index (χ4n) is 3.67. The molecule has 1 aromatic rings. The summed E-state index contributed by atoms with van der Waals surface area (Å²) in [5, 5.41) is 0. The Morgan fingerprint density at radius 2 is 1.78 bits per heavy atom. The van der Waals surface area contributed by atoms with Crippen molar-refractivity contribution in [2.45, 2.75) is 30.7 Å². The van der Waals surface area contributed by atoms with E-state index in [0.29, 0.717) is 18.6 Å². The number of sulfonamides is 2. The van der Waals surface area contributed by atoms with Gasteiger partial charge in [0.2, 0.25) is 26.0 Å². The normalized spacial score (nSPS) is 23.4. The molecule has 1 amide bonds. The predicted octanol–water partition coefficient (Wildman–Crippen LogP) is 1.17. The highest BCUT2D eigenvalue weighted by molar-refractivity contribution is 7.89. The molecule has 2 heterocycles. The van der Waals surface area contributed by atoms with E-state index in [2.05, 4.69) is 0 Å². The number of benzene rings is 1. The van der Waals surface area contributed by atoms with Gasteiger partial charge in [-0.15, -0.1) is 0 Å². The highest BCUT2D eigenvalue weighted by Crippen LogP contribution is 2.42. The van der Waals surface area contributed by atoms with E-state index in [4.69, 9.17) is 4.74 Å². The number of methoxy groups -OCH3 is 1. The van der Waals surface area contributed by atoms with Crippen molar-refractivity contribution in [2.75, 3.05) is 19.9 Å². The zero-order valence-corrected chi connectivity index (χ0v) is 17.0. The van der Waals surface area contributed by atoms with E-state index in [-0.39, 0.29) is 17.1 Å². The average molecular weight is 415 g/mol. The molecular weight excluding hydrogens is 392 g/mol. The Kier molecular flexibility index (Phi) is 5.08. The number of carbonyl (C=O) groups is 1. The second kappa shape index (κ2) is 6.92. The van der Waals surface area contributed by atoms with E-state index in [1.807, 2.05) is 6.92 Å². The Morgan fingerprint density at radius 3 is 2.30 bits per heavy atom. The van der Waals surface area contributed by atoms with Gasteiger partial charge < -0.3 is 4.74 Å². The van der Waals surface area contributed by atoms with Gasteiger partial charge in [0.05, 0.1) is 35.9 Å². The SMILES string of the molecule is CCC[C@H]1C(=O)N(S(C)(=O)=O)C2=CCN(S(=O)(=O)c3ccc(OC)cc3)[C@@H]21. The topological polar surface area (TPSA) is 101 Å². The van der Waals surface area contributed by atoms with Crippen LogP contribution in [0.2, 0.25) is 0 Å². The van der Waals surface area contributed by atoms with Gasteiger partial charge in [-0.05, 0) is 36.8 Å². The molecule has 1 saturated heterocycles. The maximum atomic E-state index is 13.2. The van der Waals surface area contributed by atoms with Crippen LogP contribution in [0.25, 0.3) is 0 Å². The first-order chi connectivity index (χ1) is 12.6. The molecule has 8 nitrogen and oxygen atoms in total. The van der Waals surface area contributed by atoms with Gasteiger partial charge in [0, 0.05) is 6.54 Å². The number of nitrogens with zero attached hydrogens (tertiary/aromatic N) is 2. The Bertz CT molecular complexity index is 983. The van der Waals surface area contributed by atoms with Crippen LogP contribution in [0.4, 0.5) is 0 Å². The summed E-state index contributed by atoms with van der Waals surface area (Å²) in [6.07, 6.45) is 3.51. The molecule has 148 valence electrons. The molecule has 0 aromatic heterocycles. The van der Waals surface area contributed by atoms with Crippen LogP contribution >= 0.6 is 0 Å². The van der Waals surface area contributed by atoms with Crippen LogP contribution < -0.4 is 4.74 Å². The molecule has 1 fully saturated rings. The third kappa shape index (κ3) is 3.26. The smallest absolute Gasteiger partial charge is 0.245 e. The minimum absolute atomic E-state index is 0.0217. The monoisotopic (exact) mass is 414 g/mol. The lowest BCUT2D eigenvalue weighted by molar-refractivity contribution is -0.127. The van der Waals surface area contributed by atoms with Gasteiger partial charge in [-0.1, -0.05) is 13.3 Å². The number of amides is 1. The lowest BCUT2D eigenvalue weighted by atomic mass is 9.97. The first-order valence-electron chi connectivity index (χ1n) is 8.53. The van der Waals surface area contributed by atoms with Gasteiger partial charge >= 0.3 is 0 Å². The standard InChI is InChI=1S/C17H22N2O6S2/c1-4-5-14-16-15(19(17(14)20)26(3,21)22)10-11-18(16)27(23,24)13-8-6-12(25-2)7-9-13/h6-10,14,16H,4-5,11H2,1-3H3/t14-,16-/m1/s1. The molecule has 0 saturated carbocycles. The van der Waals surface area contributed by atoms with Gasteiger partial charge in [0.25, 0.3) is 0 Å². The average Bonchev–Trinajstić information content (AvgIpc) is 3.13. The van der Waals surface area contributed by atoms with E-state index in [9.17, 15) is 21.6 Å². The lowest BCUT2D eigenvalue weighted by Gasteiger charge is -2.26. The molecule has 0 spiro atoms. The fraction of sp³-hybridized carbons (Fsp3) is 0.471. The maximum absolute atomic E-state index is 13.2. The van der Waals surface area contributed by atoms with Crippen molar-refractivity contribution in [2.24, 2.45) is 5.92 Å². The first kappa shape index (κ1) is 19.8. The number of hydrogen-bond donors (Lipinski definition) is 0. The molecular formula is C17H22N2O6S2. The van der Waals surface area contributed by atoms with Crippen LogP contribution in [0.1, 0.15) is 19.8 Å². The number of fused-ring (bicyclic) bond motifs is 1. The number of ether oxygens (including phenoxy) is 1. The van der Waals surface area contributed by atoms with Crippen molar-refractivity contribution in [1.82, 2.24) is 8.61 Å². The van der Waals surface area contributed by atoms with Crippen LogP contribution in [-0.2, 0) is 24.8 Å². The van der Waals surface area contributed by atoms with Gasteiger partial charge in [0.15, 0.2) is 0 Å². The van der Waals surface area contributed by atoms with Crippen molar-refractivity contribution < 1.29 is 26.4 Å². The van der Waals surface area contributed by atoms with Gasteiger partial charge in [-0.25, -0.2) is 21.1 Å². The summed E-state index contributed by atoms with van der Waals surface area (Å²) in [7, 11) is -6.25. The summed E-state index contributed by atoms with van der Waals surface area (Å²) in [6.45, 7) is 1.89. The first-order valence-corrected chi connectivity index (χ1v) is 11.8. The third-order valence-electron chi connectivity index (χ3n) is 4.82. The molecule has 0 aliphatic carbocycles. The minimum atomic E-state index is -3.91. The third-order valence-corrected chi connectivity index (χ3v) is 7.74. The molecule has 0 unspecified atom stereocenters. The van der Waals surface area contributed by atoms with E-state index < -0.39 is 37.9 Å². The molecule has 10 heteroatoms. The zero-order valence-electron chi connectivity index (χ0n) is 15.3. The van der Waals surface area contributed by atoms with Gasteiger partial charge in [0.1, 0.15) is 5.75 Å². The Balaban J connectivity index is 2.02. The summed E-state index contributed by atoms with van der Waals surface area (Å²) in [6, 6.07) is 5.16. The molecule has 0 N–H and O–H groups in total. The molecule has 0 radical (unpaired) electrons. The number of hydrogen-bond acceptors (Lipinski definition) is 6. The van der Waals surface area contributed by atoms with Crippen molar-refractivity contribution in [1.29, 1.82) is 0 Å².